The molecule has 1 aromatic rings. The van der Waals surface area contributed by atoms with Crippen LogP contribution in [0.25, 0.3) is 0 Å². The van der Waals surface area contributed by atoms with Crippen LogP contribution in [0.4, 0.5) is 0 Å². The Bertz CT molecular complexity index is 395. The van der Waals surface area contributed by atoms with Crippen LogP contribution in [-0.2, 0) is 6.54 Å². The van der Waals surface area contributed by atoms with E-state index in [4.69, 9.17) is 4.74 Å². The summed E-state index contributed by atoms with van der Waals surface area (Å²) in [7, 11) is 0. The molecule has 1 rings (SSSR count). The second kappa shape index (κ2) is 9.71. The van der Waals surface area contributed by atoms with Crippen molar-refractivity contribution in [1.82, 2.24) is 15.2 Å². The second-order valence-corrected chi connectivity index (χ2v) is 5.40. The lowest BCUT2D eigenvalue weighted by Crippen LogP contribution is -2.38. The van der Waals surface area contributed by atoms with Gasteiger partial charge in [-0.1, -0.05) is 19.9 Å². The fraction of sp³-hybridized carbons (Fsp3) is 0.688. The van der Waals surface area contributed by atoms with Crippen molar-refractivity contribution in [2.45, 2.75) is 46.4 Å². The summed E-state index contributed by atoms with van der Waals surface area (Å²) in [6.45, 7) is 12.0. The molecular weight excluding hydrogens is 266 g/mol. The first kappa shape index (κ1) is 17.9. The van der Waals surface area contributed by atoms with Crippen molar-refractivity contribution >= 4 is 0 Å². The summed E-state index contributed by atoms with van der Waals surface area (Å²) in [5, 5.41) is 13.3. The van der Waals surface area contributed by atoms with Gasteiger partial charge in [-0.2, -0.15) is 0 Å². The van der Waals surface area contributed by atoms with E-state index in [-0.39, 0.29) is 12.2 Å². The molecule has 0 saturated carbocycles. The molecule has 1 aromatic heterocycles. The largest absolute Gasteiger partial charge is 0.475 e. The highest BCUT2D eigenvalue weighted by molar-refractivity contribution is 5.25. The molecule has 1 heterocycles. The molecule has 0 spiro atoms. The van der Waals surface area contributed by atoms with Gasteiger partial charge in [-0.3, -0.25) is 0 Å². The lowest BCUT2D eigenvalue weighted by Gasteiger charge is -2.22. The number of hydrogen-bond acceptors (Lipinski definition) is 5. The lowest BCUT2D eigenvalue weighted by molar-refractivity contribution is 0.116. The van der Waals surface area contributed by atoms with Crippen molar-refractivity contribution in [3.05, 3.63) is 23.9 Å². The van der Waals surface area contributed by atoms with Crippen molar-refractivity contribution < 1.29 is 9.84 Å². The third-order valence-electron chi connectivity index (χ3n) is 3.26. The molecule has 0 aromatic carbocycles. The van der Waals surface area contributed by atoms with Crippen LogP contribution < -0.4 is 10.1 Å². The zero-order chi connectivity index (χ0) is 15.7. The molecule has 0 fully saturated rings. The maximum absolute atomic E-state index is 10.0. The summed E-state index contributed by atoms with van der Waals surface area (Å²) in [4.78, 5) is 6.47. The first-order chi connectivity index (χ1) is 10.1. The highest BCUT2D eigenvalue weighted by Gasteiger charge is 2.10. The van der Waals surface area contributed by atoms with Gasteiger partial charge >= 0.3 is 0 Å². The van der Waals surface area contributed by atoms with E-state index in [1.54, 1.807) is 6.20 Å². The summed E-state index contributed by atoms with van der Waals surface area (Å²) in [5.41, 5.74) is 1.02. The van der Waals surface area contributed by atoms with Gasteiger partial charge in [-0.05, 0) is 33.0 Å². The lowest BCUT2D eigenvalue weighted by atomic mass is 10.2. The minimum Gasteiger partial charge on any atom is -0.475 e. The predicted molar refractivity (Wildman–Crippen MR) is 85.5 cm³/mol. The first-order valence-electron chi connectivity index (χ1n) is 7.78. The maximum Gasteiger partial charge on any atom is 0.218 e. The number of nitrogens with zero attached hydrogens (tertiary/aromatic N) is 2. The summed E-state index contributed by atoms with van der Waals surface area (Å²) in [6, 6.07) is 3.89. The number of pyridine rings is 1. The average molecular weight is 295 g/mol. The fourth-order valence-electron chi connectivity index (χ4n) is 2.11. The number of aliphatic hydroxyl groups is 1. The van der Waals surface area contributed by atoms with Gasteiger partial charge in [0.05, 0.1) is 12.2 Å². The van der Waals surface area contributed by atoms with E-state index >= 15 is 0 Å². The number of aliphatic hydroxyl groups excluding tert-OH is 1. The molecular formula is C16H29N3O2. The van der Waals surface area contributed by atoms with Crippen molar-refractivity contribution in [2.24, 2.45) is 0 Å². The Labute approximate surface area is 128 Å². The van der Waals surface area contributed by atoms with Crippen LogP contribution in [0, 0.1) is 0 Å². The van der Waals surface area contributed by atoms with E-state index in [1.807, 2.05) is 26.0 Å². The van der Waals surface area contributed by atoms with E-state index in [0.717, 1.165) is 18.7 Å². The van der Waals surface area contributed by atoms with Crippen LogP contribution in [0.2, 0.25) is 0 Å². The Morgan fingerprint density at radius 1 is 1.33 bits per heavy atom. The topological polar surface area (TPSA) is 57.6 Å². The Morgan fingerprint density at radius 3 is 2.67 bits per heavy atom. The van der Waals surface area contributed by atoms with Crippen LogP contribution in [0.5, 0.6) is 5.88 Å². The molecule has 1 unspecified atom stereocenters. The number of nitrogens with one attached hydrogen (secondary N) is 1. The van der Waals surface area contributed by atoms with Crippen molar-refractivity contribution in [3.8, 4) is 5.88 Å². The number of aromatic nitrogens is 1. The summed E-state index contributed by atoms with van der Waals surface area (Å²) in [5.74, 6) is 0.665. The molecule has 5 heteroatoms. The molecule has 1 atom stereocenters. The van der Waals surface area contributed by atoms with Crippen LogP contribution in [-0.4, -0.2) is 53.4 Å². The molecule has 21 heavy (non-hydrogen) atoms. The van der Waals surface area contributed by atoms with Crippen molar-refractivity contribution in [2.75, 3.05) is 26.2 Å². The second-order valence-electron chi connectivity index (χ2n) is 5.40. The highest BCUT2D eigenvalue weighted by Crippen LogP contribution is 2.15. The van der Waals surface area contributed by atoms with Crippen molar-refractivity contribution in [1.29, 1.82) is 0 Å². The molecule has 0 aliphatic heterocycles. The predicted octanol–water partition coefficient (Wildman–Crippen LogP) is 1.66. The standard InChI is InChI=1S/C16H29N3O2/c1-5-19(6-2)12-15(20)11-17-10-14-8-7-9-18-16(14)21-13(3)4/h7-9,13,15,17,20H,5-6,10-12H2,1-4H3. The van der Waals surface area contributed by atoms with Gasteiger partial charge in [-0.15, -0.1) is 0 Å². The van der Waals surface area contributed by atoms with E-state index in [9.17, 15) is 5.11 Å². The van der Waals surface area contributed by atoms with Gasteiger partial charge in [-0.25, -0.2) is 4.98 Å². The maximum atomic E-state index is 10.0. The molecule has 0 saturated heterocycles. The molecule has 5 nitrogen and oxygen atoms in total. The highest BCUT2D eigenvalue weighted by atomic mass is 16.5. The van der Waals surface area contributed by atoms with Gasteiger partial charge in [0, 0.05) is 31.4 Å². The SMILES string of the molecule is CCN(CC)CC(O)CNCc1cccnc1OC(C)C. The molecule has 0 aliphatic carbocycles. The Balaban J connectivity index is 2.41. The minimum absolute atomic E-state index is 0.104. The first-order valence-corrected chi connectivity index (χ1v) is 7.78. The number of likely N-dealkylation sites (N-methyl/N-ethyl adjacent to an activating group) is 1. The van der Waals surface area contributed by atoms with Gasteiger partial charge in [0.2, 0.25) is 5.88 Å². The number of hydrogen-bond donors (Lipinski definition) is 2. The van der Waals surface area contributed by atoms with Crippen LogP contribution >= 0.6 is 0 Å². The van der Waals surface area contributed by atoms with Crippen LogP contribution in [0.1, 0.15) is 33.3 Å². The molecule has 0 aliphatic rings. The zero-order valence-electron chi connectivity index (χ0n) is 13.7. The monoisotopic (exact) mass is 295 g/mol. The normalized spacial score (nSPS) is 12.9. The third kappa shape index (κ3) is 6.89. The van der Waals surface area contributed by atoms with E-state index < -0.39 is 0 Å². The van der Waals surface area contributed by atoms with E-state index in [1.165, 1.54) is 0 Å². The summed E-state index contributed by atoms with van der Waals surface area (Å²) in [6.07, 6.45) is 1.47. The Kier molecular flexibility index (Phi) is 8.27. The summed E-state index contributed by atoms with van der Waals surface area (Å²) < 4.78 is 5.68. The van der Waals surface area contributed by atoms with E-state index in [0.29, 0.717) is 25.5 Å². The molecule has 0 amide bonds. The minimum atomic E-state index is -0.365. The van der Waals surface area contributed by atoms with Crippen LogP contribution in [0.3, 0.4) is 0 Å². The number of rotatable bonds is 10. The van der Waals surface area contributed by atoms with Crippen molar-refractivity contribution in [3.63, 3.8) is 0 Å². The van der Waals surface area contributed by atoms with Gasteiger partial charge in [0.15, 0.2) is 0 Å². The van der Waals surface area contributed by atoms with Gasteiger partial charge in [0.25, 0.3) is 0 Å². The van der Waals surface area contributed by atoms with Gasteiger partial charge < -0.3 is 20.1 Å². The van der Waals surface area contributed by atoms with Crippen LogP contribution in [0.15, 0.2) is 18.3 Å². The number of ether oxygens (including phenoxy) is 1. The molecule has 2 N–H and O–H groups in total. The molecule has 0 radical (unpaired) electrons. The van der Waals surface area contributed by atoms with Gasteiger partial charge in [0.1, 0.15) is 0 Å². The Morgan fingerprint density at radius 2 is 2.05 bits per heavy atom. The molecule has 120 valence electrons. The smallest absolute Gasteiger partial charge is 0.218 e. The molecule has 0 bridgehead atoms. The quantitative estimate of drug-likeness (QED) is 0.687. The average Bonchev–Trinajstić information content (AvgIpc) is 2.46. The Hall–Kier alpha value is -1.17. The third-order valence-corrected chi connectivity index (χ3v) is 3.26. The zero-order valence-corrected chi connectivity index (χ0v) is 13.7. The fourth-order valence-corrected chi connectivity index (χ4v) is 2.11. The van der Waals surface area contributed by atoms with E-state index in [2.05, 4.69) is 29.0 Å². The summed E-state index contributed by atoms with van der Waals surface area (Å²) >= 11 is 0.